The molecule has 0 amide bonds. The second-order valence-corrected chi connectivity index (χ2v) is 8.98. The molecule has 0 aliphatic carbocycles. The summed E-state index contributed by atoms with van der Waals surface area (Å²) in [5.41, 5.74) is 0. The number of hydrogen-bond donors (Lipinski definition) is 4. The standard InChI is InChI=1S/C18H18F21NO3.HI/c19-9(20,3-8(43)5-40-4-7(6-42)1-2-41)10(21,22)11(23,24)12(25,26)13(27,28)14(29,30)15(31,32)16(33,34)17(35,36)18(37,38)39;/h7-8,40-43H,1-6H2;1H. The predicted octanol–water partition coefficient (Wildman–Crippen LogP) is 1.58. The molecule has 0 aromatic heterocycles. The van der Waals surface area contributed by atoms with Crippen LogP contribution in [-0.2, 0) is 0 Å². The van der Waals surface area contributed by atoms with Crippen LogP contribution < -0.4 is 29.3 Å². The number of aliphatic hydroxyl groups excluding tert-OH is 3. The van der Waals surface area contributed by atoms with Gasteiger partial charge in [-0.05, 0) is 6.42 Å². The Morgan fingerprint density at radius 3 is 1.09 bits per heavy atom. The second kappa shape index (κ2) is 13.7. The van der Waals surface area contributed by atoms with Crippen molar-refractivity contribution in [2.24, 2.45) is 5.92 Å². The third-order valence-electron chi connectivity index (χ3n) is 5.80. The van der Waals surface area contributed by atoms with Crippen LogP contribution in [0.4, 0.5) is 92.2 Å². The lowest BCUT2D eigenvalue weighted by atomic mass is 9.85. The highest BCUT2D eigenvalue weighted by molar-refractivity contribution is 5.18. The molecule has 0 saturated carbocycles. The summed E-state index contributed by atoms with van der Waals surface area (Å²) in [4.78, 5) is 0. The van der Waals surface area contributed by atoms with Crippen molar-refractivity contribution in [2.45, 2.75) is 78.4 Å². The van der Waals surface area contributed by atoms with E-state index in [1.54, 1.807) is 0 Å². The summed E-state index contributed by atoms with van der Waals surface area (Å²) in [6.45, 7) is -2.95. The Kier molecular flexibility index (Phi) is 14.1. The molecule has 0 radical (unpaired) electrons. The molecule has 2 unspecified atom stereocenters. The van der Waals surface area contributed by atoms with E-state index in [2.05, 4.69) is 0 Å². The summed E-state index contributed by atoms with van der Waals surface area (Å²) in [5, 5.41) is 27.6. The van der Waals surface area contributed by atoms with Gasteiger partial charge in [0.2, 0.25) is 0 Å². The first kappa shape index (κ1) is 45.2. The van der Waals surface area contributed by atoms with E-state index in [9.17, 15) is 97.3 Å². The van der Waals surface area contributed by atoms with Gasteiger partial charge in [0.1, 0.15) is 12.6 Å². The average molecular weight is 823 g/mol. The van der Waals surface area contributed by atoms with Gasteiger partial charge in [-0.25, -0.2) is 0 Å². The van der Waals surface area contributed by atoms with Crippen LogP contribution in [0, 0.1) is 5.92 Å². The van der Waals surface area contributed by atoms with E-state index in [0.717, 1.165) is 0 Å². The molecule has 0 aromatic rings. The molecular formula is C18H19F21INO3. The van der Waals surface area contributed by atoms with Crippen LogP contribution in [0.15, 0.2) is 0 Å². The molecule has 26 heteroatoms. The minimum atomic E-state index is -9.23. The SMILES string of the molecule is OCCC(CO)C[NH2+]CC(O)CC(F)(F)C(F)(F)C(F)(F)C(F)(F)C(F)(F)C(F)(F)C(F)(F)C(F)(F)C(F)(F)C(F)(F)F.[I-]. The largest absolute Gasteiger partial charge is 1.00 e. The van der Waals surface area contributed by atoms with Crippen LogP contribution in [0.1, 0.15) is 12.8 Å². The number of alkyl halides is 21. The molecule has 0 saturated heterocycles. The Labute approximate surface area is 247 Å². The van der Waals surface area contributed by atoms with Crippen molar-refractivity contribution in [1.82, 2.24) is 0 Å². The number of halogens is 22. The molecule has 0 bridgehead atoms. The summed E-state index contributed by atoms with van der Waals surface area (Å²) in [7, 11) is 0. The third kappa shape index (κ3) is 7.16. The topological polar surface area (TPSA) is 77.3 Å². The minimum Gasteiger partial charge on any atom is -1.00 e. The smallest absolute Gasteiger partial charge is 0.460 e. The summed E-state index contributed by atoms with van der Waals surface area (Å²) < 4.78 is 280. The fraction of sp³-hybridized carbons (Fsp3) is 1.00. The van der Waals surface area contributed by atoms with Gasteiger partial charge in [-0.1, -0.05) is 0 Å². The number of rotatable bonds is 17. The van der Waals surface area contributed by atoms with Crippen molar-refractivity contribution in [3.8, 4) is 0 Å². The molecule has 0 heterocycles. The Balaban J connectivity index is 0. The lowest BCUT2D eigenvalue weighted by molar-refractivity contribution is -0.667. The van der Waals surface area contributed by atoms with Crippen molar-refractivity contribution < 1.29 is 137 Å². The zero-order valence-electron chi connectivity index (χ0n) is 20.6. The van der Waals surface area contributed by atoms with Gasteiger partial charge in [-0.15, -0.1) is 0 Å². The lowest BCUT2D eigenvalue weighted by Crippen LogP contribution is -3.00. The molecule has 0 fully saturated rings. The maximum atomic E-state index is 13.9. The molecule has 0 aliphatic rings. The maximum Gasteiger partial charge on any atom is 0.460 e. The highest BCUT2D eigenvalue weighted by Gasteiger charge is 2.97. The molecular weight excluding hydrogens is 804 g/mol. The monoisotopic (exact) mass is 823 g/mol. The van der Waals surface area contributed by atoms with E-state index in [0.29, 0.717) is 5.32 Å². The molecule has 44 heavy (non-hydrogen) atoms. The van der Waals surface area contributed by atoms with Gasteiger partial charge in [-0.2, -0.15) is 92.2 Å². The zero-order chi connectivity index (χ0) is 35.1. The van der Waals surface area contributed by atoms with Gasteiger partial charge in [0.05, 0.1) is 13.2 Å². The average Bonchev–Trinajstić information content (AvgIpc) is 2.81. The fourth-order valence-electron chi connectivity index (χ4n) is 3.09. The van der Waals surface area contributed by atoms with Crippen molar-refractivity contribution in [3.63, 3.8) is 0 Å². The van der Waals surface area contributed by atoms with E-state index in [1.807, 2.05) is 0 Å². The highest BCUT2D eigenvalue weighted by atomic mass is 127. The van der Waals surface area contributed by atoms with E-state index in [1.165, 1.54) is 0 Å². The summed E-state index contributed by atoms with van der Waals surface area (Å²) in [6, 6.07) is 0. The Hall–Kier alpha value is -0.900. The van der Waals surface area contributed by atoms with E-state index in [-0.39, 0.29) is 30.4 Å². The summed E-state index contributed by atoms with van der Waals surface area (Å²) >= 11 is 0. The predicted molar refractivity (Wildman–Crippen MR) is 95.1 cm³/mol. The molecule has 5 N–H and O–H groups in total. The Morgan fingerprint density at radius 1 is 0.477 bits per heavy atom. The summed E-state index contributed by atoms with van der Waals surface area (Å²) in [5.74, 6) is -78.6. The van der Waals surface area contributed by atoms with Crippen LogP contribution >= 0.6 is 0 Å². The lowest BCUT2D eigenvalue weighted by Gasteiger charge is -2.44. The van der Waals surface area contributed by atoms with E-state index >= 15 is 0 Å². The van der Waals surface area contributed by atoms with Crippen LogP contribution in [0.3, 0.4) is 0 Å². The van der Waals surface area contributed by atoms with Gasteiger partial charge in [0, 0.05) is 18.9 Å². The fourth-order valence-corrected chi connectivity index (χ4v) is 3.09. The van der Waals surface area contributed by atoms with Crippen molar-refractivity contribution in [2.75, 3.05) is 26.3 Å². The van der Waals surface area contributed by atoms with Gasteiger partial charge in [-0.3, -0.25) is 0 Å². The summed E-state index contributed by atoms with van der Waals surface area (Å²) in [6.07, 6.45) is -14.3. The first-order chi connectivity index (χ1) is 18.6. The second-order valence-electron chi connectivity index (χ2n) is 8.98. The number of nitrogens with two attached hydrogens (primary N) is 1. The minimum absolute atomic E-state index is 0. The number of aliphatic hydroxyl groups is 3. The van der Waals surface area contributed by atoms with Crippen molar-refractivity contribution in [1.29, 1.82) is 0 Å². The van der Waals surface area contributed by atoms with Gasteiger partial charge >= 0.3 is 59.5 Å². The van der Waals surface area contributed by atoms with Gasteiger partial charge in [0.15, 0.2) is 0 Å². The maximum absolute atomic E-state index is 13.9. The first-order valence-corrected chi connectivity index (χ1v) is 10.8. The highest BCUT2D eigenvalue weighted by Crippen LogP contribution is 2.66. The zero-order valence-corrected chi connectivity index (χ0v) is 22.8. The van der Waals surface area contributed by atoms with Gasteiger partial charge in [0.25, 0.3) is 0 Å². The van der Waals surface area contributed by atoms with E-state index in [4.69, 9.17) is 10.2 Å². The van der Waals surface area contributed by atoms with Crippen LogP contribution in [-0.4, -0.2) is 107 Å². The molecule has 2 atom stereocenters. The van der Waals surface area contributed by atoms with Crippen LogP contribution in [0.2, 0.25) is 0 Å². The van der Waals surface area contributed by atoms with Crippen LogP contribution in [0.5, 0.6) is 0 Å². The first-order valence-electron chi connectivity index (χ1n) is 10.8. The normalized spacial score (nSPS) is 16.9. The van der Waals surface area contributed by atoms with E-state index < -0.39 is 104 Å². The molecule has 0 aliphatic heterocycles. The van der Waals surface area contributed by atoms with Crippen LogP contribution in [0.25, 0.3) is 0 Å². The molecule has 0 rings (SSSR count). The van der Waals surface area contributed by atoms with Crippen molar-refractivity contribution in [3.05, 3.63) is 0 Å². The number of quaternary nitrogens is 1. The van der Waals surface area contributed by atoms with Gasteiger partial charge < -0.3 is 44.6 Å². The molecule has 0 aromatic carbocycles. The molecule has 268 valence electrons. The Morgan fingerprint density at radius 2 is 0.795 bits per heavy atom. The van der Waals surface area contributed by atoms with Crippen molar-refractivity contribution >= 4 is 0 Å². The quantitative estimate of drug-likeness (QED) is 0.133. The number of hydrogen-bond acceptors (Lipinski definition) is 3. The molecule has 4 nitrogen and oxygen atoms in total. The molecule has 0 spiro atoms. The third-order valence-corrected chi connectivity index (χ3v) is 5.80. The Bertz CT molecular complexity index is 926.